The average molecular weight is 354 g/mol. The molecule has 1 saturated heterocycles. The Morgan fingerprint density at radius 2 is 1.23 bits per heavy atom. The van der Waals surface area contributed by atoms with Crippen molar-refractivity contribution in [1.29, 1.82) is 0 Å². The fraction of sp³-hybridized carbons (Fsp3) is 0.429. The molecule has 0 spiro atoms. The predicted molar refractivity (Wildman–Crippen MR) is 104 cm³/mol. The van der Waals surface area contributed by atoms with Crippen LogP contribution in [0.1, 0.15) is 38.8 Å². The lowest BCUT2D eigenvalue weighted by atomic mass is 9.79. The molecule has 2 aromatic carbocycles. The normalized spacial score (nSPS) is 18.1. The van der Waals surface area contributed by atoms with Crippen molar-refractivity contribution >= 4 is 12.6 Å². The van der Waals surface area contributed by atoms with Crippen LogP contribution in [0.15, 0.2) is 48.5 Å². The van der Waals surface area contributed by atoms with Crippen molar-refractivity contribution in [3.05, 3.63) is 59.7 Å². The lowest BCUT2D eigenvalue weighted by molar-refractivity contribution is 0.00578. The Hall–Kier alpha value is -1.82. The molecule has 138 valence electrons. The van der Waals surface area contributed by atoms with Gasteiger partial charge in [0.15, 0.2) is 0 Å². The van der Waals surface area contributed by atoms with Crippen molar-refractivity contribution < 1.29 is 18.8 Å². The Bertz CT molecular complexity index is 707. The van der Waals surface area contributed by atoms with Gasteiger partial charge in [-0.3, -0.25) is 0 Å². The van der Waals surface area contributed by atoms with Gasteiger partial charge in [0.05, 0.1) is 31.5 Å². The third kappa shape index (κ3) is 4.12. The van der Waals surface area contributed by atoms with Crippen molar-refractivity contribution in [1.82, 2.24) is 0 Å². The second-order valence-corrected chi connectivity index (χ2v) is 7.67. The summed E-state index contributed by atoms with van der Waals surface area (Å²) < 4.78 is 23.1. The fourth-order valence-electron chi connectivity index (χ4n) is 2.76. The number of hydrogen-bond acceptors (Lipinski definition) is 4. The molecule has 0 bridgehead atoms. The minimum Gasteiger partial charge on any atom is -0.497 e. The van der Waals surface area contributed by atoms with E-state index in [0.717, 1.165) is 22.3 Å². The minimum absolute atomic E-state index is 0.322. The van der Waals surface area contributed by atoms with Crippen molar-refractivity contribution in [2.75, 3.05) is 7.11 Å². The summed E-state index contributed by atoms with van der Waals surface area (Å²) in [4.78, 5) is 0. The molecule has 3 rings (SSSR count). The van der Waals surface area contributed by atoms with E-state index in [1.54, 1.807) is 7.11 Å². The quantitative estimate of drug-likeness (QED) is 0.741. The largest absolute Gasteiger partial charge is 0.497 e. The van der Waals surface area contributed by atoms with E-state index in [9.17, 15) is 0 Å². The van der Waals surface area contributed by atoms with Crippen LogP contribution < -0.4 is 10.2 Å². The van der Waals surface area contributed by atoms with Gasteiger partial charge in [-0.15, -0.1) is 0 Å². The first-order valence-corrected chi connectivity index (χ1v) is 8.96. The molecule has 0 aromatic heterocycles. The highest BCUT2D eigenvalue weighted by molar-refractivity contribution is 6.62. The highest BCUT2D eigenvalue weighted by Crippen LogP contribution is 2.36. The summed E-state index contributed by atoms with van der Waals surface area (Å²) in [6, 6.07) is 16.1. The van der Waals surface area contributed by atoms with Crippen molar-refractivity contribution in [3.63, 3.8) is 0 Å². The molecule has 26 heavy (non-hydrogen) atoms. The van der Waals surface area contributed by atoms with E-state index in [2.05, 4.69) is 39.8 Å². The van der Waals surface area contributed by atoms with Gasteiger partial charge in [-0.25, -0.2) is 0 Å². The smallest absolute Gasteiger partial charge is 0.494 e. The molecule has 0 N–H and O–H groups in total. The fourth-order valence-corrected chi connectivity index (χ4v) is 2.76. The Kier molecular flexibility index (Phi) is 5.42. The van der Waals surface area contributed by atoms with Crippen LogP contribution in [0.5, 0.6) is 5.75 Å². The third-order valence-electron chi connectivity index (χ3n) is 5.20. The molecule has 1 fully saturated rings. The molecule has 0 amide bonds. The van der Waals surface area contributed by atoms with Gasteiger partial charge < -0.3 is 18.8 Å². The maximum atomic E-state index is 6.08. The van der Waals surface area contributed by atoms with E-state index in [4.69, 9.17) is 18.8 Å². The topological polar surface area (TPSA) is 36.9 Å². The number of methoxy groups -OCH3 is 1. The van der Waals surface area contributed by atoms with Crippen LogP contribution in [0, 0.1) is 0 Å². The first-order valence-electron chi connectivity index (χ1n) is 8.96. The lowest BCUT2D eigenvalue weighted by Crippen LogP contribution is -2.41. The Morgan fingerprint density at radius 3 is 1.69 bits per heavy atom. The van der Waals surface area contributed by atoms with Gasteiger partial charge >= 0.3 is 7.12 Å². The molecule has 0 saturated carbocycles. The van der Waals surface area contributed by atoms with Crippen LogP contribution in [0.2, 0.25) is 0 Å². The molecule has 5 heteroatoms. The van der Waals surface area contributed by atoms with Crippen LogP contribution in [0.25, 0.3) is 0 Å². The summed E-state index contributed by atoms with van der Waals surface area (Å²) in [6.45, 7) is 9.39. The van der Waals surface area contributed by atoms with E-state index in [0.29, 0.717) is 13.2 Å². The number of rotatable bonds is 6. The van der Waals surface area contributed by atoms with Gasteiger partial charge in [0.2, 0.25) is 0 Å². The first-order chi connectivity index (χ1) is 12.3. The number of hydrogen-bond donors (Lipinski definition) is 0. The second kappa shape index (κ2) is 7.43. The Morgan fingerprint density at radius 1 is 0.769 bits per heavy atom. The molecule has 1 heterocycles. The third-order valence-corrected chi connectivity index (χ3v) is 5.20. The van der Waals surface area contributed by atoms with Gasteiger partial charge in [-0.05, 0) is 56.4 Å². The molecule has 1 aliphatic rings. The van der Waals surface area contributed by atoms with Gasteiger partial charge in [0.1, 0.15) is 5.75 Å². The first kappa shape index (κ1) is 19.0. The van der Waals surface area contributed by atoms with Crippen LogP contribution in [-0.2, 0) is 27.3 Å². The molecule has 0 radical (unpaired) electrons. The molecule has 2 aromatic rings. The summed E-state index contributed by atoms with van der Waals surface area (Å²) in [5, 5.41) is 0. The maximum Gasteiger partial charge on any atom is 0.494 e. The van der Waals surface area contributed by atoms with Crippen LogP contribution in [-0.4, -0.2) is 25.4 Å². The number of benzene rings is 2. The summed E-state index contributed by atoms with van der Waals surface area (Å²) in [5.74, 6) is 0.854. The van der Waals surface area contributed by atoms with Crippen molar-refractivity contribution in [2.45, 2.75) is 52.1 Å². The van der Waals surface area contributed by atoms with Crippen LogP contribution in [0.4, 0.5) is 0 Å². The molecular formula is C21H27BO4. The summed E-state index contributed by atoms with van der Waals surface area (Å²) >= 11 is 0. The zero-order valence-electron chi connectivity index (χ0n) is 16.2. The van der Waals surface area contributed by atoms with E-state index < -0.39 is 0 Å². The molecule has 4 nitrogen and oxygen atoms in total. The molecule has 1 aliphatic heterocycles. The van der Waals surface area contributed by atoms with Crippen molar-refractivity contribution in [3.8, 4) is 5.75 Å². The SMILES string of the molecule is COc1ccc(COCc2ccc(B3OC(C)(C)C(C)(C)O3)cc2)cc1. The molecular weight excluding hydrogens is 327 g/mol. The Balaban J connectivity index is 1.53. The van der Waals surface area contributed by atoms with Gasteiger partial charge in [-0.1, -0.05) is 36.4 Å². The van der Waals surface area contributed by atoms with E-state index in [1.807, 2.05) is 36.4 Å². The van der Waals surface area contributed by atoms with Gasteiger partial charge in [0, 0.05) is 0 Å². The summed E-state index contributed by atoms with van der Waals surface area (Å²) in [6.07, 6.45) is 0. The maximum absolute atomic E-state index is 6.08. The van der Waals surface area contributed by atoms with Crippen LogP contribution in [0.3, 0.4) is 0 Å². The minimum atomic E-state index is -0.325. The summed E-state index contributed by atoms with van der Waals surface area (Å²) in [7, 11) is 1.34. The highest BCUT2D eigenvalue weighted by atomic mass is 16.7. The van der Waals surface area contributed by atoms with E-state index in [1.165, 1.54) is 0 Å². The molecule has 0 aliphatic carbocycles. The monoisotopic (exact) mass is 354 g/mol. The lowest BCUT2D eigenvalue weighted by Gasteiger charge is -2.32. The molecule has 0 atom stereocenters. The standard InChI is InChI=1S/C21H27BO4/c1-20(2)21(3,4)26-22(25-20)18-10-6-16(7-11-18)14-24-15-17-8-12-19(23-5)13-9-17/h6-13H,14-15H2,1-5H3. The zero-order valence-corrected chi connectivity index (χ0v) is 16.2. The van der Waals surface area contributed by atoms with Crippen molar-refractivity contribution in [2.24, 2.45) is 0 Å². The Labute approximate surface area is 156 Å². The number of ether oxygens (including phenoxy) is 2. The van der Waals surface area contributed by atoms with Gasteiger partial charge in [-0.2, -0.15) is 0 Å². The highest BCUT2D eigenvalue weighted by Gasteiger charge is 2.51. The zero-order chi connectivity index (χ0) is 18.8. The van der Waals surface area contributed by atoms with Crippen LogP contribution >= 0.6 is 0 Å². The van der Waals surface area contributed by atoms with Gasteiger partial charge in [0.25, 0.3) is 0 Å². The predicted octanol–water partition coefficient (Wildman–Crippen LogP) is 3.71. The second-order valence-electron chi connectivity index (χ2n) is 7.67. The average Bonchev–Trinajstić information content (AvgIpc) is 2.84. The molecule has 0 unspecified atom stereocenters. The van der Waals surface area contributed by atoms with E-state index >= 15 is 0 Å². The van der Waals surface area contributed by atoms with E-state index in [-0.39, 0.29) is 18.3 Å². The summed E-state index contributed by atoms with van der Waals surface area (Å²) in [5.41, 5.74) is 2.64.